The molecule has 4 rings (SSSR count). The van der Waals surface area contributed by atoms with Gasteiger partial charge in [0, 0.05) is 31.2 Å². The van der Waals surface area contributed by atoms with Gasteiger partial charge in [-0.3, -0.25) is 4.79 Å². The molecule has 3 aliphatic heterocycles. The monoisotopic (exact) mass is 371 g/mol. The summed E-state index contributed by atoms with van der Waals surface area (Å²) in [5, 5.41) is 0. The largest absolute Gasteiger partial charge is 0.335 e. The minimum Gasteiger partial charge on any atom is -0.335 e. The molecule has 0 bridgehead atoms. The molecule has 1 fully saturated rings. The molecule has 0 N–H and O–H groups in total. The Labute approximate surface area is 153 Å². The summed E-state index contributed by atoms with van der Waals surface area (Å²) >= 11 is 0. The highest BCUT2D eigenvalue weighted by Gasteiger charge is 2.36. The Morgan fingerprint density at radius 2 is 1.92 bits per heavy atom. The highest BCUT2D eigenvalue weighted by molar-refractivity contribution is 7.90. The maximum absolute atomic E-state index is 13.0. The van der Waals surface area contributed by atoms with Gasteiger partial charge in [0.25, 0.3) is 15.9 Å². The lowest BCUT2D eigenvalue weighted by molar-refractivity contribution is -0.127. The van der Waals surface area contributed by atoms with Crippen LogP contribution in [0.3, 0.4) is 0 Å². The Morgan fingerprint density at radius 3 is 2.69 bits per heavy atom. The number of fused-ring (bicyclic) bond motifs is 1. The van der Waals surface area contributed by atoms with Crippen LogP contribution in [0.25, 0.3) is 0 Å². The molecule has 2 atom stereocenters. The van der Waals surface area contributed by atoms with E-state index in [2.05, 4.69) is 23.5 Å². The second-order valence-electron chi connectivity index (χ2n) is 6.89. The van der Waals surface area contributed by atoms with Crippen molar-refractivity contribution in [2.45, 2.75) is 25.3 Å². The van der Waals surface area contributed by atoms with Gasteiger partial charge in [0.15, 0.2) is 0 Å². The van der Waals surface area contributed by atoms with E-state index in [-0.39, 0.29) is 17.7 Å². The standard InChI is InChI=1S/C19H21N3O3S/c1-14-17(15-5-3-2-4-6-15)9-10-22(14)19(23)16-7-8-18-20-26(24,25)12-11-21(18)13-16/h2-8,13-14,17H,9-12H2,1H3/t14-,17-/m1/s1. The van der Waals surface area contributed by atoms with Crippen molar-refractivity contribution in [3.05, 3.63) is 59.8 Å². The summed E-state index contributed by atoms with van der Waals surface area (Å²) in [4.78, 5) is 16.7. The van der Waals surface area contributed by atoms with Crippen LogP contribution in [-0.2, 0) is 14.8 Å². The van der Waals surface area contributed by atoms with Gasteiger partial charge in [-0.25, -0.2) is 8.42 Å². The number of carbonyl (C=O) groups is 1. The summed E-state index contributed by atoms with van der Waals surface area (Å²) in [6.07, 6.45) is 5.95. The Kier molecular flexibility index (Phi) is 4.19. The van der Waals surface area contributed by atoms with Crippen molar-refractivity contribution in [2.24, 2.45) is 4.40 Å². The Hall–Kier alpha value is -2.41. The zero-order valence-corrected chi connectivity index (χ0v) is 15.4. The number of amidine groups is 1. The third kappa shape index (κ3) is 3.07. The summed E-state index contributed by atoms with van der Waals surface area (Å²) in [5.41, 5.74) is 1.84. The molecule has 136 valence electrons. The van der Waals surface area contributed by atoms with Crippen LogP contribution in [0.2, 0.25) is 0 Å². The maximum atomic E-state index is 13.0. The van der Waals surface area contributed by atoms with E-state index in [1.165, 1.54) is 5.56 Å². The van der Waals surface area contributed by atoms with E-state index in [0.717, 1.165) is 13.0 Å². The molecule has 3 aliphatic rings. The molecule has 1 amide bonds. The van der Waals surface area contributed by atoms with Crippen LogP contribution in [0.1, 0.15) is 24.8 Å². The zero-order chi connectivity index (χ0) is 18.3. The fourth-order valence-electron chi connectivity index (χ4n) is 3.87. The van der Waals surface area contributed by atoms with Gasteiger partial charge >= 0.3 is 0 Å². The van der Waals surface area contributed by atoms with E-state index in [1.54, 1.807) is 23.3 Å². The third-order valence-electron chi connectivity index (χ3n) is 5.31. The number of benzene rings is 1. The van der Waals surface area contributed by atoms with Crippen LogP contribution >= 0.6 is 0 Å². The molecule has 0 saturated carbocycles. The van der Waals surface area contributed by atoms with Gasteiger partial charge in [0.2, 0.25) is 0 Å². The van der Waals surface area contributed by atoms with Crippen LogP contribution in [0.5, 0.6) is 0 Å². The van der Waals surface area contributed by atoms with Gasteiger partial charge in [0.1, 0.15) is 5.84 Å². The molecule has 1 aromatic carbocycles. The van der Waals surface area contributed by atoms with Crippen LogP contribution < -0.4 is 0 Å². The molecule has 0 aromatic heterocycles. The maximum Gasteiger partial charge on any atom is 0.256 e. The zero-order valence-electron chi connectivity index (χ0n) is 14.6. The fraction of sp³-hybridized carbons (Fsp3) is 0.368. The van der Waals surface area contributed by atoms with Crippen molar-refractivity contribution in [1.29, 1.82) is 0 Å². The number of nitrogens with zero attached hydrogens (tertiary/aromatic N) is 3. The number of likely N-dealkylation sites (tertiary alicyclic amines) is 1. The molecule has 26 heavy (non-hydrogen) atoms. The van der Waals surface area contributed by atoms with E-state index in [9.17, 15) is 13.2 Å². The first-order chi connectivity index (χ1) is 12.4. The molecule has 0 unspecified atom stereocenters. The van der Waals surface area contributed by atoms with Gasteiger partial charge in [-0.05, 0) is 31.1 Å². The molecular weight excluding hydrogens is 350 g/mol. The molecule has 0 spiro atoms. The van der Waals surface area contributed by atoms with Crippen molar-refractivity contribution in [2.75, 3.05) is 18.8 Å². The van der Waals surface area contributed by atoms with Crippen LogP contribution in [-0.4, -0.2) is 54.8 Å². The summed E-state index contributed by atoms with van der Waals surface area (Å²) in [5.74, 6) is 0.674. The predicted molar refractivity (Wildman–Crippen MR) is 100 cm³/mol. The third-order valence-corrected chi connectivity index (χ3v) is 6.48. The first-order valence-electron chi connectivity index (χ1n) is 8.80. The van der Waals surface area contributed by atoms with Crippen LogP contribution in [0.15, 0.2) is 58.7 Å². The van der Waals surface area contributed by atoms with Crippen LogP contribution in [0.4, 0.5) is 0 Å². The lowest BCUT2D eigenvalue weighted by Crippen LogP contribution is -2.40. The van der Waals surface area contributed by atoms with Gasteiger partial charge in [0.05, 0.1) is 11.3 Å². The Balaban J connectivity index is 1.53. The topological polar surface area (TPSA) is 70.1 Å². The van der Waals surface area contributed by atoms with Gasteiger partial charge < -0.3 is 9.80 Å². The first-order valence-corrected chi connectivity index (χ1v) is 10.4. The molecule has 0 aliphatic carbocycles. The SMILES string of the molecule is C[C@@H]1[C@H](c2ccccc2)CCN1C(=O)C1=CN2CCS(=O)(=O)N=C2C=C1. The highest BCUT2D eigenvalue weighted by atomic mass is 32.2. The smallest absolute Gasteiger partial charge is 0.256 e. The van der Waals surface area contributed by atoms with Crippen molar-refractivity contribution in [1.82, 2.24) is 9.80 Å². The average molecular weight is 371 g/mol. The van der Waals surface area contributed by atoms with Gasteiger partial charge in [-0.2, -0.15) is 0 Å². The average Bonchev–Trinajstić information content (AvgIpc) is 3.02. The van der Waals surface area contributed by atoms with E-state index in [1.807, 2.05) is 23.1 Å². The number of rotatable bonds is 2. The summed E-state index contributed by atoms with van der Waals surface area (Å²) in [7, 11) is -3.38. The van der Waals surface area contributed by atoms with Crippen molar-refractivity contribution in [3.8, 4) is 0 Å². The Morgan fingerprint density at radius 1 is 1.15 bits per heavy atom. The van der Waals surface area contributed by atoms with Gasteiger partial charge in [-0.15, -0.1) is 4.40 Å². The molecule has 1 aromatic rings. The quantitative estimate of drug-likeness (QED) is 0.796. The number of amides is 1. The lowest BCUT2D eigenvalue weighted by atomic mass is 9.93. The summed E-state index contributed by atoms with van der Waals surface area (Å²) in [6, 6.07) is 10.4. The molecule has 6 nitrogen and oxygen atoms in total. The van der Waals surface area contributed by atoms with Crippen molar-refractivity contribution in [3.63, 3.8) is 0 Å². The van der Waals surface area contributed by atoms with Crippen molar-refractivity contribution >= 4 is 21.8 Å². The van der Waals surface area contributed by atoms with E-state index in [4.69, 9.17) is 0 Å². The van der Waals surface area contributed by atoms with E-state index in [0.29, 0.717) is 23.9 Å². The molecule has 0 radical (unpaired) electrons. The second kappa shape index (κ2) is 6.39. The second-order valence-corrected chi connectivity index (χ2v) is 8.65. The Bertz CT molecular complexity index is 919. The van der Waals surface area contributed by atoms with E-state index >= 15 is 0 Å². The number of carbonyl (C=O) groups excluding carboxylic acids is 1. The number of hydrogen-bond acceptors (Lipinski definition) is 4. The minimum atomic E-state index is -3.38. The lowest BCUT2D eigenvalue weighted by Gasteiger charge is -2.30. The minimum absolute atomic E-state index is 0.0142. The van der Waals surface area contributed by atoms with Crippen LogP contribution in [0, 0.1) is 0 Å². The number of sulfonamides is 1. The van der Waals surface area contributed by atoms with Gasteiger partial charge in [-0.1, -0.05) is 30.3 Å². The number of hydrogen-bond donors (Lipinski definition) is 0. The molecular formula is C19H21N3O3S. The van der Waals surface area contributed by atoms with E-state index < -0.39 is 10.0 Å². The van der Waals surface area contributed by atoms with Crippen molar-refractivity contribution < 1.29 is 13.2 Å². The summed E-state index contributed by atoms with van der Waals surface area (Å²) < 4.78 is 27.0. The molecule has 3 heterocycles. The fourth-order valence-corrected chi connectivity index (χ4v) is 4.83. The predicted octanol–water partition coefficient (Wildman–Crippen LogP) is 1.89. The highest BCUT2D eigenvalue weighted by Crippen LogP contribution is 2.34. The normalized spacial score (nSPS) is 27.0. The molecule has 1 saturated heterocycles. The summed E-state index contributed by atoms with van der Waals surface area (Å²) in [6.45, 7) is 3.14. The first kappa shape index (κ1) is 17.0. The molecule has 7 heteroatoms.